The molecule has 0 aromatic heterocycles. The number of rotatable bonds is 4. The second kappa shape index (κ2) is 8.88. The van der Waals surface area contributed by atoms with Gasteiger partial charge in [0.1, 0.15) is 0 Å². The van der Waals surface area contributed by atoms with E-state index < -0.39 is 0 Å². The molecule has 3 aliphatic rings. The number of hydrogen-bond donors (Lipinski definition) is 1. The lowest BCUT2D eigenvalue weighted by molar-refractivity contribution is -0.169. The Bertz CT molecular complexity index is 488. The smallest absolute Gasteiger partial charge is 0.308 e. The molecule has 2 unspecified atom stereocenters. The molecule has 1 aliphatic heterocycles. The van der Waals surface area contributed by atoms with Gasteiger partial charge in [0.05, 0.1) is 19.1 Å². The molecule has 144 valence electrons. The molecule has 1 saturated heterocycles. The van der Waals surface area contributed by atoms with Crippen LogP contribution in [0, 0.1) is 11.3 Å². The number of methoxy groups -OCH3 is 1. The number of aliphatic imine (C=N–C) groups is 1. The summed E-state index contributed by atoms with van der Waals surface area (Å²) in [6, 6.07) is 0.472. The summed E-state index contributed by atoms with van der Waals surface area (Å²) >= 11 is 0. The molecule has 6 nitrogen and oxygen atoms in total. The zero-order chi connectivity index (χ0) is 17.2. The second-order valence-corrected chi connectivity index (χ2v) is 7.30. The molecule has 1 spiro atoms. The predicted molar refractivity (Wildman–Crippen MR) is 108 cm³/mol. The number of nitrogens with one attached hydrogen (secondary N) is 1. The third-order valence-corrected chi connectivity index (χ3v) is 6.28. The molecule has 0 aromatic rings. The SMILES string of the molecule is CCOC1CC(NC(=NC)N2CCC(C(=O)OC)CC2)C12CCC2.I. The van der Waals surface area contributed by atoms with Crippen LogP contribution < -0.4 is 5.32 Å². The van der Waals surface area contributed by atoms with Crippen LogP contribution in [0.15, 0.2) is 4.99 Å². The van der Waals surface area contributed by atoms with Gasteiger partial charge in [0.2, 0.25) is 0 Å². The van der Waals surface area contributed by atoms with Gasteiger partial charge in [-0.1, -0.05) is 6.42 Å². The first-order valence-electron chi connectivity index (χ1n) is 9.32. The molecular weight excluding hydrogens is 433 g/mol. The van der Waals surface area contributed by atoms with Gasteiger partial charge in [-0.3, -0.25) is 9.79 Å². The molecule has 7 heteroatoms. The maximum absolute atomic E-state index is 11.7. The molecule has 0 amide bonds. The van der Waals surface area contributed by atoms with Gasteiger partial charge in [-0.05, 0) is 39.0 Å². The molecule has 0 radical (unpaired) electrons. The van der Waals surface area contributed by atoms with Crippen LogP contribution in [0.5, 0.6) is 0 Å². The summed E-state index contributed by atoms with van der Waals surface area (Å²) in [5, 5.41) is 3.69. The van der Waals surface area contributed by atoms with Crippen molar-refractivity contribution in [3.63, 3.8) is 0 Å². The number of esters is 1. The minimum atomic E-state index is -0.0791. The minimum Gasteiger partial charge on any atom is -0.469 e. The Morgan fingerprint density at radius 3 is 2.48 bits per heavy atom. The zero-order valence-electron chi connectivity index (χ0n) is 15.6. The fraction of sp³-hybridized carbons (Fsp3) is 0.889. The Labute approximate surface area is 168 Å². The van der Waals surface area contributed by atoms with Gasteiger partial charge >= 0.3 is 5.97 Å². The Kier molecular flexibility index (Phi) is 7.37. The first-order chi connectivity index (χ1) is 11.6. The highest BCUT2D eigenvalue weighted by molar-refractivity contribution is 14.0. The van der Waals surface area contributed by atoms with Crippen molar-refractivity contribution in [2.24, 2.45) is 16.3 Å². The van der Waals surface area contributed by atoms with Crippen molar-refractivity contribution in [3.05, 3.63) is 0 Å². The quantitative estimate of drug-likeness (QED) is 0.299. The van der Waals surface area contributed by atoms with E-state index in [0.29, 0.717) is 17.6 Å². The normalized spacial score (nSPS) is 28.6. The van der Waals surface area contributed by atoms with Gasteiger partial charge in [0.25, 0.3) is 0 Å². The van der Waals surface area contributed by atoms with Gasteiger partial charge in [-0.2, -0.15) is 0 Å². The van der Waals surface area contributed by atoms with Gasteiger partial charge in [-0.15, -0.1) is 24.0 Å². The predicted octanol–water partition coefficient (Wildman–Crippen LogP) is 2.41. The van der Waals surface area contributed by atoms with Crippen LogP contribution in [-0.4, -0.2) is 62.8 Å². The van der Waals surface area contributed by atoms with E-state index >= 15 is 0 Å². The largest absolute Gasteiger partial charge is 0.469 e. The third-order valence-electron chi connectivity index (χ3n) is 6.28. The number of guanidine groups is 1. The number of carbonyl (C=O) groups is 1. The van der Waals surface area contributed by atoms with Crippen molar-refractivity contribution in [1.29, 1.82) is 0 Å². The highest BCUT2D eigenvalue weighted by atomic mass is 127. The van der Waals surface area contributed by atoms with Crippen LogP contribution in [-0.2, 0) is 14.3 Å². The second-order valence-electron chi connectivity index (χ2n) is 7.30. The van der Waals surface area contributed by atoms with Gasteiger partial charge in [0, 0.05) is 38.2 Å². The maximum atomic E-state index is 11.7. The number of ether oxygens (including phenoxy) is 2. The number of nitrogens with zero attached hydrogens (tertiary/aromatic N) is 2. The molecule has 3 rings (SSSR count). The standard InChI is InChI=1S/C18H31N3O3.HI/c1-4-24-15-12-14(18(15)8-5-9-18)20-17(19-2)21-10-6-13(7-11-21)16(22)23-3;/h13-15H,4-12H2,1-3H3,(H,19,20);1H. The van der Waals surface area contributed by atoms with Crippen molar-refractivity contribution in [2.45, 2.75) is 57.6 Å². The van der Waals surface area contributed by atoms with E-state index in [2.05, 4.69) is 22.1 Å². The molecule has 1 N–H and O–H groups in total. The molecule has 1 heterocycles. The molecule has 2 atom stereocenters. The summed E-state index contributed by atoms with van der Waals surface area (Å²) in [5.74, 6) is 0.933. The number of piperidine rings is 1. The van der Waals surface area contributed by atoms with E-state index in [4.69, 9.17) is 9.47 Å². The molecule has 2 saturated carbocycles. The molecule has 25 heavy (non-hydrogen) atoms. The van der Waals surface area contributed by atoms with Crippen molar-refractivity contribution in [3.8, 4) is 0 Å². The Balaban J connectivity index is 0.00000225. The first-order valence-corrected chi connectivity index (χ1v) is 9.32. The number of hydrogen-bond acceptors (Lipinski definition) is 4. The first kappa shape index (κ1) is 20.7. The van der Waals surface area contributed by atoms with Crippen LogP contribution in [0.25, 0.3) is 0 Å². The summed E-state index contributed by atoms with van der Waals surface area (Å²) in [5.41, 5.74) is 0.330. The number of carbonyl (C=O) groups excluding carboxylic acids is 1. The summed E-state index contributed by atoms with van der Waals surface area (Å²) in [4.78, 5) is 18.4. The highest BCUT2D eigenvalue weighted by Crippen LogP contribution is 2.57. The maximum Gasteiger partial charge on any atom is 0.308 e. The van der Waals surface area contributed by atoms with Crippen LogP contribution in [0.1, 0.15) is 45.4 Å². The monoisotopic (exact) mass is 465 g/mol. The van der Waals surface area contributed by atoms with Gasteiger partial charge in [0.15, 0.2) is 5.96 Å². The Hall–Kier alpha value is -0.570. The van der Waals surface area contributed by atoms with E-state index in [1.807, 2.05) is 7.05 Å². The Morgan fingerprint density at radius 1 is 1.32 bits per heavy atom. The Morgan fingerprint density at radius 2 is 2.00 bits per heavy atom. The lowest BCUT2D eigenvalue weighted by Crippen LogP contribution is -2.69. The van der Waals surface area contributed by atoms with E-state index in [1.165, 1.54) is 26.4 Å². The van der Waals surface area contributed by atoms with Crippen LogP contribution in [0.2, 0.25) is 0 Å². The molecule has 2 aliphatic carbocycles. The highest BCUT2D eigenvalue weighted by Gasteiger charge is 2.59. The summed E-state index contributed by atoms with van der Waals surface area (Å²) in [6.45, 7) is 4.59. The third kappa shape index (κ3) is 3.91. The van der Waals surface area contributed by atoms with Crippen LogP contribution >= 0.6 is 24.0 Å². The van der Waals surface area contributed by atoms with Crippen LogP contribution in [0.4, 0.5) is 0 Å². The summed E-state index contributed by atoms with van der Waals surface area (Å²) in [7, 11) is 3.32. The van der Waals surface area contributed by atoms with Gasteiger partial charge in [-0.25, -0.2) is 0 Å². The lowest BCUT2D eigenvalue weighted by Gasteiger charge is -2.61. The minimum absolute atomic E-state index is 0. The van der Waals surface area contributed by atoms with Crippen molar-refractivity contribution < 1.29 is 14.3 Å². The molecular formula is C18H32IN3O3. The molecule has 0 aromatic carbocycles. The van der Waals surface area contributed by atoms with Crippen LogP contribution in [0.3, 0.4) is 0 Å². The fourth-order valence-electron chi connectivity index (χ4n) is 4.59. The fourth-order valence-corrected chi connectivity index (χ4v) is 4.59. The summed E-state index contributed by atoms with van der Waals surface area (Å²) in [6.07, 6.45) is 7.00. The van der Waals surface area contributed by atoms with Gasteiger partial charge < -0.3 is 19.7 Å². The zero-order valence-corrected chi connectivity index (χ0v) is 18.0. The number of halogens is 1. The lowest BCUT2D eigenvalue weighted by atomic mass is 9.51. The van der Waals surface area contributed by atoms with E-state index in [9.17, 15) is 4.79 Å². The van der Waals surface area contributed by atoms with E-state index in [-0.39, 0.29) is 35.9 Å². The van der Waals surface area contributed by atoms with E-state index in [1.54, 1.807) is 0 Å². The average Bonchev–Trinajstić information content (AvgIpc) is 2.55. The molecule has 0 bridgehead atoms. The summed E-state index contributed by atoms with van der Waals surface area (Å²) < 4.78 is 10.8. The van der Waals surface area contributed by atoms with Crippen molar-refractivity contribution in [2.75, 3.05) is 33.9 Å². The average molecular weight is 465 g/mol. The molecule has 3 fully saturated rings. The van der Waals surface area contributed by atoms with E-state index in [0.717, 1.165) is 44.9 Å². The number of likely N-dealkylation sites (tertiary alicyclic amines) is 1. The topological polar surface area (TPSA) is 63.2 Å². The van der Waals surface area contributed by atoms with Crippen molar-refractivity contribution >= 4 is 35.9 Å². The van der Waals surface area contributed by atoms with Crippen molar-refractivity contribution in [1.82, 2.24) is 10.2 Å².